The molecular weight excluding hydrogens is 288 g/mol. The number of aromatic hydroxyl groups is 1. The van der Waals surface area contributed by atoms with Crippen molar-refractivity contribution in [2.75, 3.05) is 5.32 Å². The minimum absolute atomic E-state index is 0.00386. The number of hydrogen-bond donors (Lipinski definition) is 3. The van der Waals surface area contributed by atoms with Crippen molar-refractivity contribution in [2.45, 2.75) is 5.75 Å². The first kappa shape index (κ1) is 13.5. The normalized spacial score (nSPS) is 10.6. The summed E-state index contributed by atoms with van der Waals surface area (Å²) in [5.41, 5.74) is 0.298. The fourth-order valence-corrected chi connectivity index (χ4v) is 2.90. The van der Waals surface area contributed by atoms with Gasteiger partial charge in [-0.25, -0.2) is 13.4 Å². The lowest BCUT2D eigenvalue weighted by Gasteiger charge is -2.01. The van der Waals surface area contributed by atoms with Gasteiger partial charge in [-0.3, -0.25) is 10.1 Å². The van der Waals surface area contributed by atoms with Crippen LogP contribution in [-0.4, -0.2) is 24.4 Å². The predicted molar refractivity (Wildman–Crippen MR) is 72.2 cm³/mol. The average molecular weight is 298 g/mol. The van der Waals surface area contributed by atoms with Crippen molar-refractivity contribution >= 4 is 33.1 Å². The molecule has 0 aliphatic heterocycles. The van der Waals surface area contributed by atoms with Crippen molar-refractivity contribution in [2.24, 2.45) is 0 Å². The Labute approximate surface area is 114 Å². The van der Waals surface area contributed by atoms with E-state index >= 15 is 0 Å². The molecule has 2 N–H and O–H groups in total. The molecule has 0 fully saturated rings. The third-order valence-corrected chi connectivity index (χ3v) is 3.89. The van der Waals surface area contributed by atoms with E-state index in [4.69, 9.17) is 0 Å². The predicted octanol–water partition coefficient (Wildman–Crippen LogP) is 1.21. The molecule has 0 aliphatic carbocycles. The Balaban J connectivity index is 2.08. The maximum absolute atomic E-state index is 11.8. The molecule has 0 radical (unpaired) electrons. The summed E-state index contributed by atoms with van der Waals surface area (Å²) < 4.78 is 21.1. The number of aromatic nitrogens is 1. The quantitative estimate of drug-likeness (QED) is 0.737. The van der Waals surface area contributed by atoms with Gasteiger partial charge < -0.3 is 5.11 Å². The van der Waals surface area contributed by atoms with Gasteiger partial charge in [0.15, 0.2) is 5.13 Å². The van der Waals surface area contributed by atoms with Crippen LogP contribution in [0.1, 0.15) is 15.2 Å². The first-order valence-corrected chi connectivity index (χ1v) is 7.39. The molecule has 0 aliphatic rings. The Bertz CT molecular complexity index is 671. The van der Waals surface area contributed by atoms with Crippen LogP contribution in [0, 0.1) is 0 Å². The molecule has 8 heteroatoms. The van der Waals surface area contributed by atoms with Gasteiger partial charge in [0.05, 0.1) is 5.75 Å². The van der Waals surface area contributed by atoms with E-state index in [1.165, 1.54) is 18.3 Å². The minimum atomic E-state index is -2.51. The highest BCUT2D eigenvalue weighted by Crippen LogP contribution is 2.20. The number of thiazole rings is 1. The number of hydrogen-bond acceptors (Lipinski definition) is 6. The van der Waals surface area contributed by atoms with Crippen LogP contribution < -0.4 is 5.32 Å². The Kier molecular flexibility index (Phi) is 4.13. The van der Waals surface area contributed by atoms with Gasteiger partial charge in [0.25, 0.3) is 5.91 Å². The highest BCUT2D eigenvalue weighted by molar-refractivity contribution is 7.71. The van der Waals surface area contributed by atoms with Crippen molar-refractivity contribution in [1.82, 2.24) is 4.98 Å². The third-order valence-electron chi connectivity index (χ3n) is 2.17. The van der Waals surface area contributed by atoms with E-state index in [1.54, 1.807) is 12.1 Å². The molecule has 0 spiro atoms. The summed E-state index contributed by atoms with van der Waals surface area (Å²) in [6.07, 6.45) is 1.41. The van der Waals surface area contributed by atoms with Crippen LogP contribution in [-0.2, 0) is 16.5 Å². The number of benzene rings is 1. The van der Waals surface area contributed by atoms with Crippen LogP contribution in [0.2, 0.25) is 0 Å². The maximum Gasteiger partial charge on any atom is 0.257 e. The summed E-state index contributed by atoms with van der Waals surface area (Å²) in [5, 5.41) is 12.1. The van der Waals surface area contributed by atoms with Crippen LogP contribution in [0.5, 0.6) is 5.75 Å². The smallest absolute Gasteiger partial charge is 0.257 e. The Morgan fingerprint density at radius 1 is 1.42 bits per heavy atom. The molecule has 1 heterocycles. The van der Waals surface area contributed by atoms with Gasteiger partial charge in [-0.2, -0.15) is 0 Å². The molecule has 0 saturated heterocycles. The van der Waals surface area contributed by atoms with Gasteiger partial charge in [-0.05, 0) is 18.2 Å². The fourth-order valence-electron chi connectivity index (χ4n) is 1.38. The number of carbonyl (C=O) groups excluding carboxylic acids is 1. The van der Waals surface area contributed by atoms with Crippen molar-refractivity contribution in [3.8, 4) is 5.75 Å². The second-order valence-corrected chi connectivity index (χ2v) is 5.72. The highest BCUT2D eigenvalue weighted by Gasteiger charge is 2.09. The number of nitrogens with one attached hydrogen (secondary N) is 1. The number of thiol groups is 1. The van der Waals surface area contributed by atoms with E-state index in [9.17, 15) is 18.3 Å². The van der Waals surface area contributed by atoms with Crippen LogP contribution in [0.15, 0.2) is 30.5 Å². The summed E-state index contributed by atoms with van der Waals surface area (Å²) in [6.45, 7) is 0. The monoisotopic (exact) mass is 298 g/mol. The molecule has 1 amide bonds. The number of phenols is 1. The Morgan fingerprint density at radius 3 is 2.89 bits per heavy atom. The maximum atomic E-state index is 11.8. The Hall–Kier alpha value is -1.93. The van der Waals surface area contributed by atoms with E-state index in [0.29, 0.717) is 15.6 Å². The lowest BCUT2D eigenvalue weighted by molar-refractivity contribution is 0.102. The van der Waals surface area contributed by atoms with Crippen LogP contribution in [0.3, 0.4) is 0 Å². The lowest BCUT2D eigenvalue weighted by atomic mass is 10.2. The molecule has 1 aromatic carbocycles. The van der Waals surface area contributed by atoms with E-state index in [1.807, 2.05) is 0 Å². The van der Waals surface area contributed by atoms with Crippen LogP contribution in [0.4, 0.5) is 5.13 Å². The molecule has 0 saturated carbocycles. The molecule has 19 heavy (non-hydrogen) atoms. The van der Waals surface area contributed by atoms with Gasteiger partial charge >= 0.3 is 0 Å². The molecule has 100 valence electrons. The standard InChI is InChI=1S/C11H10N2O4S2/c14-8-3-1-2-7(4-8)10(15)13-11-12-5-9(18-11)6-19(16)17/h1-5,14,19H,6H2,(H,12,13,15). The molecule has 0 bridgehead atoms. The number of carbonyl (C=O) groups is 1. The number of rotatable bonds is 4. The average Bonchev–Trinajstić information content (AvgIpc) is 2.75. The van der Waals surface area contributed by atoms with E-state index < -0.39 is 16.6 Å². The topological polar surface area (TPSA) is 96.4 Å². The number of nitrogens with zero attached hydrogens (tertiary/aromatic N) is 1. The largest absolute Gasteiger partial charge is 0.508 e. The molecule has 0 atom stereocenters. The summed E-state index contributed by atoms with van der Waals surface area (Å²) in [6, 6.07) is 5.90. The second-order valence-electron chi connectivity index (χ2n) is 3.63. The van der Waals surface area contributed by atoms with Gasteiger partial charge in [0, 0.05) is 16.6 Å². The zero-order valence-electron chi connectivity index (χ0n) is 9.57. The fraction of sp³-hybridized carbons (Fsp3) is 0.0909. The summed E-state index contributed by atoms with van der Waals surface area (Å²) in [7, 11) is -2.51. The minimum Gasteiger partial charge on any atom is -0.508 e. The van der Waals surface area contributed by atoms with E-state index in [0.717, 1.165) is 11.3 Å². The van der Waals surface area contributed by atoms with Gasteiger partial charge in [-0.1, -0.05) is 6.07 Å². The molecule has 2 aromatic rings. The van der Waals surface area contributed by atoms with Gasteiger partial charge in [0.2, 0.25) is 0 Å². The van der Waals surface area contributed by atoms with Crippen molar-refractivity contribution in [3.63, 3.8) is 0 Å². The molecule has 1 aromatic heterocycles. The first-order chi connectivity index (χ1) is 9.04. The second kappa shape index (κ2) is 5.81. The summed E-state index contributed by atoms with van der Waals surface area (Å²) >= 11 is 1.10. The van der Waals surface area contributed by atoms with Crippen LogP contribution in [0.25, 0.3) is 0 Å². The van der Waals surface area contributed by atoms with Gasteiger partial charge in [-0.15, -0.1) is 11.3 Å². The first-order valence-electron chi connectivity index (χ1n) is 5.21. The Morgan fingerprint density at radius 2 is 2.21 bits per heavy atom. The number of amides is 1. The van der Waals surface area contributed by atoms with E-state index in [2.05, 4.69) is 10.3 Å². The van der Waals surface area contributed by atoms with Crippen molar-refractivity contribution in [1.29, 1.82) is 0 Å². The third kappa shape index (κ3) is 3.76. The molecule has 0 unspecified atom stereocenters. The van der Waals surface area contributed by atoms with Crippen LogP contribution >= 0.6 is 11.3 Å². The van der Waals surface area contributed by atoms with E-state index in [-0.39, 0.29) is 11.5 Å². The van der Waals surface area contributed by atoms with Gasteiger partial charge in [0.1, 0.15) is 16.5 Å². The summed E-state index contributed by atoms with van der Waals surface area (Å²) in [4.78, 5) is 16.3. The number of phenolic OH excluding ortho intramolecular Hbond substituents is 1. The molecular formula is C11H10N2O4S2. The molecule has 2 rings (SSSR count). The SMILES string of the molecule is O=C(Nc1ncc(C[SH](=O)=O)s1)c1cccc(O)c1. The van der Waals surface area contributed by atoms with Crippen molar-refractivity contribution < 1.29 is 18.3 Å². The number of anilines is 1. The summed E-state index contributed by atoms with van der Waals surface area (Å²) in [5.74, 6) is -0.506. The highest BCUT2D eigenvalue weighted by atomic mass is 32.2. The zero-order valence-corrected chi connectivity index (χ0v) is 11.3. The zero-order chi connectivity index (χ0) is 13.8. The van der Waals surface area contributed by atoms with Crippen molar-refractivity contribution in [3.05, 3.63) is 40.9 Å². The lowest BCUT2D eigenvalue weighted by Crippen LogP contribution is -2.11. The molecule has 6 nitrogen and oxygen atoms in total.